The maximum atomic E-state index is 13.3. The van der Waals surface area contributed by atoms with Crippen LogP contribution in [0, 0.1) is 5.92 Å². The number of unbranched alkanes of at least 4 members (excludes halogenated alkanes) is 1. The van der Waals surface area contributed by atoms with Crippen molar-refractivity contribution in [3.05, 3.63) is 0 Å². The van der Waals surface area contributed by atoms with Crippen molar-refractivity contribution in [1.29, 1.82) is 0 Å². The van der Waals surface area contributed by atoms with E-state index in [0.29, 0.717) is 71.0 Å². The summed E-state index contributed by atoms with van der Waals surface area (Å²) in [7, 11) is 0. The van der Waals surface area contributed by atoms with Crippen molar-refractivity contribution >= 4 is 29.7 Å². The molecule has 1 aliphatic heterocycles. The van der Waals surface area contributed by atoms with Crippen molar-refractivity contribution in [1.82, 2.24) is 15.5 Å². The second-order valence-electron chi connectivity index (χ2n) is 9.30. The molecular weight excluding hydrogens is 468 g/mol. The molecule has 3 amide bonds. The minimum atomic E-state index is -1.06. The van der Waals surface area contributed by atoms with Gasteiger partial charge < -0.3 is 43.6 Å². The van der Waals surface area contributed by atoms with E-state index in [2.05, 4.69) is 15.6 Å². The Morgan fingerprint density at radius 1 is 1.08 bits per heavy atom. The Kier molecular flexibility index (Phi) is 13.8. The number of nitrogens with zero attached hydrogens (tertiary/aromatic N) is 2. The van der Waals surface area contributed by atoms with Gasteiger partial charge in [-0.05, 0) is 57.4 Å². The SMILES string of the molecule is CCC(C)C(NC(=O)C(N)CCCN=C(N)N)C(=O)NC(CCCCN)C(=O)N1CCCC1C(=O)O. The van der Waals surface area contributed by atoms with E-state index in [1.165, 1.54) is 4.90 Å². The number of carboxylic acids is 1. The lowest BCUT2D eigenvalue weighted by Gasteiger charge is -2.30. The lowest BCUT2D eigenvalue weighted by atomic mass is 9.96. The van der Waals surface area contributed by atoms with Crippen molar-refractivity contribution < 1.29 is 24.3 Å². The summed E-state index contributed by atoms with van der Waals surface area (Å²) in [5, 5.41) is 15.0. The third-order valence-electron chi connectivity index (χ3n) is 6.48. The van der Waals surface area contributed by atoms with Crippen LogP contribution in [0.5, 0.6) is 0 Å². The van der Waals surface area contributed by atoms with Crippen molar-refractivity contribution in [2.75, 3.05) is 19.6 Å². The molecule has 11 N–H and O–H groups in total. The summed E-state index contributed by atoms with van der Waals surface area (Å²) in [4.78, 5) is 56.0. The van der Waals surface area contributed by atoms with Gasteiger partial charge in [0.15, 0.2) is 5.96 Å². The van der Waals surface area contributed by atoms with Crippen LogP contribution in [0.25, 0.3) is 0 Å². The van der Waals surface area contributed by atoms with Gasteiger partial charge in [0, 0.05) is 13.1 Å². The van der Waals surface area contributed by atoms with Crippen molar-refractivity contribution in [2.24, 2.45) is 33.8 Å². The van der Waals surface area contributed by atoms with Crippen LogP contribution in [-0.2, 0) is 19.2 Å². The first kappa shape index (κ1) is 31.1. The Labute approximate surface area is 212 Å². The minimum absolute atomic E-state index is 0.0410. The molecule has 0 saturated carbocycles. The molecule has 206 valence electrons. The number of nitrogens with two attached hydrogens (primary N) is 4. The summed E-state index contributed by atoms with van der Waals surface area (Å²) >= 11 is 0. The van der Waals surface area contributed by atoms with E-state index in [-0.39, 0.29) is 11.9 Å². The highest BCUT2D eigenvalue weighted by molar-refractivity contribution is 5.94. The van der Waals surface area contributed by atoms with Crippen LogP contribution in [0.4, 0.5) is 0 Å². The Balaban J connectivity index is 2.93. The van der Waals surface area contributed by atoms with Gasteiger partial charge in [0.25, 0.3) is 0 Å². The number of carboxylic acid groups (broad SMARTS) is 1. The molecule has 1 aliphatic rings. The zero-order chi connectivity index (χ0) is 27.3. The summed E-state index contributed by atoms with van der Waals surface area (Å²) in [5.41, 5.74) is 22.2. The van der Waals surface area contributed by atoms with E-state index in [0.717, 1.165) is 0 Å². The molecule has 0 radical (unpaired) electrons. The highest BCUT2D eigenvalue weighted by Gasteiger charge is 2.38. The number of rotatable bonds is 16. The average molecular weight is 513 g/mol. The fraction of sp³-hybridized carbons (Fsp3) is 0.783. The summed E-state index contributed by atoms with van der Waals surface area (Å²) in [5.74, 6) is -2.77. The van der Waals surface area contributed by atoms with Crippen molar-refractivity contribution in [3.63, 3.8) is 0 Å². The first-order chi connectivity index (χ1) is 17.0. The number of aliphatic carboxylic acids is 1. The fourth-order valence-corrected chi connectivity index (χ4v) is 4.11. The molecule has 1 saturated heterocycles. The molecule has 5 unspecified atom stereocenters. The van der Waals surface area contributed by atoms with E-state index >= 15 is 0 Å². The molecule has 13 heteroatoms. The van der Waals surface area contributed by atoms with Gasteiger partial charge in [-0.15, -0.1) is 0 Å². The Morgan fingerprint density at radius 2 is 1.78 bits per heavy atom. The Hall–Kier alpha value is -2.93. The highest BCUT2D eigenvalue weighted by Crippen LogP contribution is 2.20. The number of hydrogen-bond acceptors (Lipinski definition) is 7. The third kappa shape index (κ3) is 9.97. The molecule has 0 bridgehead atoms. The smallest absolute Gasteiger partial charge is 0.326 e. The van der Waals surface area contributed by atoms with Gasteiger partial charge in [0.05, 0.1) is 6.04 Å². The number of carbonyl (C=O) groups is 4. The molecule has 0 aromatic heterocycles. The second-order valence-corrected chi connectivity index (χ2v) is 9.30. The molecule has 0 spiro atoms. The molecule has 0 aliphatic carbocycles. The second kappa shape index (κ2) is 15.9. The zero-order valence-corrected chi connectivity index (χ0v) is 21.4. The largest absolute Gasteiger partial charge is 0.480 e. The molecular formula is C23H44N8O5. The van der Waals surface area contributed by atoms with Gasteiger partial charge in [-0.1, -0.05) is 20.3 Å². The molecule has 1 heterocycles. The zero-order valence-electron chi connectivity index (χ0n) is 21.4. The predicted octanol–water partition coefficient (Wildman–Crippen LogP) is -1.41. The van der Waals surface area contributed by atoms with E-state index < -0.39 is 47.9 Å². The first-order valence-corrected chi connectivity index (χ1v) is 12.7. The van der Waals surface area contributed by atoms with Gasteiger partial charge in [-0.3, -0.25) is 19.4 Å². The van der Waals surface area contributed by atoms with Crippen molar-refractivity contribution in [3.8, 4) is 0 Å². The summed E-state index contributed by atoms with van der Waals surface area (Å²) in [6.45, 7) is 4.79. The highest BCUT2D eigenvalue weighted by atomic mass is 16.4. The van der Waals surface area contributed by atoms with Crippen LogP contribution in [0.1, 0.15) is 65.2 Å². The monoisotopic (exact) mass is 512 g/mol. The Morgan fingerprint density at radius 3 is 2.36 bits per heavy atom. The van der Waals surface area contributed by atoms with Gasteiger partial charge in [-0.2, -0.15) is 0 Å². The van der Waals surface area contributed by atoms with Crippen LogP contribution in [-0.4, -0.2) is 83.5 Å². The fourth-order valence-electron chi connectivity index (χ4n) is 4.11. The number of amides is 3. The van der Waals surface area contributed by atoms with Crippen LogP contribution in [0.15, 0.2) is 4.99 Å². The quantitative estimate of drug-likeness (QED) is 0.0729. The lowest BCUT2D eigenvalue weighted by Crippen LogP contribution is -2.58. The number of aliphatic imine (C=N–C) groups is 1. The molecule has 13 nitrogen and oxygen atoms in total. The molecule has 5 atom stereocenters. The number of guanidine groups is 1. The van der Waals surface area contributed by atoms with Crippen LogP contribution in [0.3, 0.4) is 0 Å². The average Bonchev–Trinajstić information content (AvgIpc) is 3.33. The van der Waals surface area contributed by atoms with Crippen LogP contribution < -0.4 is 33.6 Å². The predicted molar refractivity (Wildman–Crippen MR) is 136 cm³/mol. The number of nitrogens with one attached hydrogen (secondary N) is 2. The first-order valence-electron chi connectivity index (χ1n) is 12.7. The number of hydrogen-bond donors (Lipinski definition) is 7. The topological polar surface area (TPSA) is 232 Å². The van der Waals surface area contributed by atoms with Crippen LogP contribution in [0.2, 0.25) is 0 Å². The normalized spacial score (nSPS) is 18.6. The molecule has 1 fully saturated rings. The Bertz CT molecular complexity index is 774. The van der Waals surface area contributed by atoms with E-state index in [1.807, 2.05) is 13.8 Å². The van der Waals surface area contributed by atoms with E-state index in [1.54, 1.807) is 0 Å². The van der Waals surface area contributed by atoms with Gasteiger partial charge in [0.1, 0.15) is 18.1 Å². The molecule has 36 heavy (non-hydrogen) atoms. The summed E-state index contributed by atoms with van der Waals surface area (Å²) in [6.07, 6.45) is 3.92. The third-order valence-corrected chi connectivity index (χ3v) is 6.48. The lowest BCUT2D eigenvalue weighted by molar-refractivity contribution is -0.149. The van der Waals surface area contributed by atoms with Gasteiger partial charge in [0.2, 0.25) is 17.7 Å². The van der Waals surface area contributed by atoms with E-state index in [4.69, 9.17) is 22.9 Å². The maximum absolute atomic E-state index is 13.3. The molecule has 0 aromatic rings. The standard InChI is InChI=1S/C23H44N8O5/c1-3-14(2)18(30-19(32)15(25)8-6-12-28-23(26)27)20(33)29-16(9-4-5-11-24)21(34)31-13-7-10-17(31)22(35)36/h14-18H,3-13,24-25H2,1-2H3,(H,29,33)(H,30,32)(H,35,36)(H4,26,27,28). The van der Waals surface area contributed by atoms with E-state index in [9.17, 15) is 24.3 Å². The molecule has 0 aromatic carbocycles. The summed E-state index contributed by atoms with van der Waals surface area (Å²) < 4.78 is 0. The molecule has 1 rings (SSSR count). The van der Waals surface area contributed by atoms with Crippen molar-refractivity contribution in [2.45, 2.75) is 89.4 Å². The number of likely N-dealkylation sites (tertiary alicyclic amines) is 1. The number of carbonyl (C=O) groups excluding carboxylic acids is 3. The van der Waals surface area contributed by atoms with Gasteiger partial charge >= 0.3 is 5.97 Å². The van der Waals surface area contributed by atoms with Crippen LogP contribution >= 0.6 is 0 Å². The summed E-state index contributed by atoms with van der Waals surface area (Å²) in [6, 6.07) is -3.60. The van der Waals surface area contributed by atoms with Gasteiger partial charge in [-0.25, -0.2) is 4.79 Å². The minimum Gasteiger partial charge on any atom is -0.480 e. The maximum Gasteiger partial charge on any atom is 0.326 e.